The number of carbonyl (C=O) groups is 2. The number of alkyl halides is 3. The molecule has 1 fully saturated rings. The maximum Gasteiger partial charge on any atom is 0.426 e. The van der Waals surface area contributed by atoms with Crippen LogP contribution in [0.1, 0.15) is 24.2 Å². The van der Waals surface area contributed by atoms with Gasteiger partial charge in [-0.25, -0.2) is 0 Å². The molecule has 5 nitrogen and oxygen atoms in total. The van der Waals surface area contributed by atoms with Gasteiger partial charge >= 0.3 is 6.18 Å². The number of halogens is 3. The summed E-state index contributed by atoms with van der Waals surface area (Å²) in [7, 11) is 0. The Morgan fingerprint density at radius 2 is 1.75 bits per heavy atom. The number of aliphatic hydroxyl groups is 1. The van der Waals surface area contributed by atoms with E-state index in [9.17, 15) is 27.9 Å². The second kappa shape index (κ2) is 6.43. The molecule has 2 rings (SSSR count). The first kappa shape index (κ1) is 18.3. The van der Waals surface area contributed by atoms with Crippen molar-refractivity contribution in [2.45, 2.75) is 31.7 Å². The lowest BCUT2D eigenvalue weighted by Crippen LogP contribution is -2.62. The fourth-order valence-corrected chi connectivity index (χ4v) is 2.62. The van der Waals surface area contributed by atoms with Crippen molar-refractivity contribution in [3.05, 3.63) is 35.9 Å². The highest BCUT2D eigenvalue weighted by molar-refractivity contribution is 5.94. The molecule has 0 aromatic heterocycles. The van der Waals surface area contributed by atoms with Gasteiger partial charge in [0.25, 0.3) is 11.8 Å². The lowest BCUT2D eigenvalue weighted by atomic mass is 10.0. The van der Waals surface area contributed by atoms with Gasteiger partial charge in [-0.3, -0.25) is 9.59 Å². The number of piperazine rings is 1. The number of nitrogens with zero attached hydrogens (tertiary/aromatic N) is 2. The molecule has 1 saturated heterocycles. The van der Waals surface area contributed by atoms with E-state index in [1.165, 1.54) is 4.90 Å². The van der Waals surface area contributed by atoms with Gasteiger partial charge in [0.2, 0.25) is 5.60 Å². The van der Waals surface area contributed by atoms with E-state index in [0.29, 0.717) is 12.5 Å². The monoisotopic (exact) mass is 344 g/mol. The summed E-state index contributed by atoms with van der Waals surface area (Å²) in [6.07, 6.45) is -5.05. The van der Waals surface area contributed by atoms with E-state index < -0.39 is 23.7 Å². The fraction of sp³-hybridized carbons (Fsp3) is 0.500. The first-order valence-electron chi connectivity index (χ1n) is 7.50. The average Bonchev–Trinajstić information content (AvgIpc) is 2.53. The average molecular weight is 344 g/mol. The lowest BCUT2D eigenvalue weighted by molar-refractivity contribution is -0.250. The van der Waals surface area contributed by atoms with Crippen LogP contribution in [0.25, 0.3) is 0 Å². The Kier molecular flexibility index (Phi) is 4.89. The van der Waals surface area contributed by atoms with Gasteiger partial charge < -0.3 is 14.9 Å². The first-order chi connectivity index (χ1) is 11.1. The van der Waals surface area contributed by atoms with Gasteiger partial charge in [0, 0.05) is 31.2 Å². The van der Waals surface area contributed by atoms with Gasteiger partial charge in [-0.15, -0.1) is 0 Å². The number of hydrogen-bond acceptors (Lipinski definition) is 3. The minimum atomic E-state index is -5.05. The summed E-state index contributed by atoms with van der Waals surface area (Å²) in [6, 6.07) is 8.06. The van der Waals surface area contributed by atoms with Gasteiger partial charge in [-0.2, -0.15) is 13.2 Å². The number of rotatable bonds is 2. The SMILES string of the molecule is C[C@@H]1CN(C(=O)[C@@](C)(O)C(F)(F)F)CCN1C(=O)c1ccccc1. The highest BCUT2D eigenvalue weighted by Gasteiger charge is 2.57. The zero-order chi connectivity index (χ0) is 18.1. The van der Waals surface area contributed by atoms with Gasteiger partial charge in [0.15, 0.2) is 0 Å². The molecule has 0 radical (unpaired) electrons. The van der Waals surface area contributed by atoms with Crippen LogP contribution >= 0.6 is 0 Å². The number of benzene rings is 1. The van der Waals surface area contributed by atoms with Crippen molar-refractivity contribution in [1.29, 1.82) is 0 Å². The molecular formula is C16H19F3N2O3. The predicted octanol–water partition coefficient (Wildman–Crippen LogP) is 1.67. The van der Waals surface area contributed by atoms with Gasteiger partial charge in [0.05, 0.1) is 0 Å². The van der Waals surface area contributed by atoms with Crippen molar-refractivity contribution >= 4 is 11.8 Å². The molecule has 1 aromatic carbocycles. The summed E-state index contributed by atoms with van der Waals surface area (Å²) < 4.78 is 38.4. The molecule has 1 aromatic rings. The zero-order valence-electron chi connectivity index (χ0n) is 13.4. The predicted molar refractivity (Wildman–Crippen MR) is 80.2 cm³/mol. The van der Waals surface area contributed by atoms with Crippen molar-refractivity contribution in [1.82, 2.24) is 9.80 Å². The maximum absolute atomic E-state index is 12.8. The second-order valence-electron chi connectivity index (χ2n) is 6.03. The van der Waals surface area contributed by atoms with E-state index in [4.69, 9.17) is 0 Å². The molecule has 132 valence electrons. The van der Waals surface area contributed by atoms with E-state index in [1.54, 1.807) is 37.3 Å². The van der Waals surface area contributed by atoms with E-state index in [0.717, 1.165) is 4.90 Å². The molecule has 0 aliphatic carbocycles. The standard InChI is InChI=1S/C16H19F3N2O3/c1-11-10-20(14(23)15(2,24)16(17,18)19)8-9-21(11)13(22)12-6-4-3-5-7-12/h3-7,11,24H,8-10H2,1-2H3/t11-,15-/m1/s1. The zero-order valence-corrected chi connectivity index (χ0v) is 13.4. The van der Waals surface area contributed by atoms with Gasteiger partial charge in [-0.1, -0.05) is 18.2 Å². The lowest BCUT2D eigenvalue weighted by Gasteiger charge is -2.42. The van der Waals surface area contributed by atoms with Crippen LogP contribution in [0.15, 0.2) is 30.3 Å². The van der Waals surface area contributed by atoms with Gasteiger partial charge in [-0.05, 0) is 26.0 Å². The minimum absolute atomic E-state index is 0.0615. The van der Waals surface area contributed by atoms with Crippen molar-refractivity contribution in [3.63, 3.8) is 0 Å². The van der Waals surface area contributed by atoms with E-state index in [-0.39, 0.29) is 25.5 Å². The van der Waals surface area contributed by atoms with E-state index >= 15 is 0 Å². The molecule has 0 spiro atoms. The quantitative estimate of drug-likeness (QED) is 0.888. The number of amides is 2. The number of hydrogen-bond donors (Lipinski definition) is 1. The molecule has 24 heavy (non-hydrogen) atoms. The van der Waals surface area contributed by atoms with E-state index in [1.807, 2.05) is 0 Å². The Bertz CT molecular complexity index is 617. The Labute approximate surface area is 137 Å². The van der Waals surface area contributed by atoms with Crippen LogP contribution in [0.5, 0.6) is 0 Å². The normalized spacial score (nSPS) is 21.3. The Hall–Kier alpha value is -2.09. The summed E-state index contributed by atoms with van der Waals surface area (Å²) in [4.78, 5) is 26.9. The third-order valence-electron chi connectivity index (χ3n) is 4.16. The Morgan fingerprint density at radius 3 is 2.25 bits per heavy atom. The Balaban J connectivity index is 2.08. The van der Waals surface area contributed by atoms with Crippen molar-refractivity contribution in [2.24, 2.45) is 0 Å². The summed E-state index contributed by atoms with van der Waals surface area (Å²) in [6.45, 7) is 2.08. The van der Waals surface area contributed by atoms with Crippen LogP contribution in [-0.4, -0.2) is 64.2 Å². The fourth-order valence-electron chi connectivity index (χ4n) is 2.62. The van der Waals surface area contributed by atoms with Crippen molar-refractivity contribution in [2.75, 3.05) is 19.6 Å². The summed E-state index contributed by atoms with van der Waals surface area (Å²) in [5.74, 6) is -1.63. The smallest absolute Gasteiger partial charge is 0.373 e. The van der Waals surface area contributed by atoms with E-state index in [2.05, 4.69) is 0 Å². The molecule has 2 amide bonds. The molecule has 2 atom stereocenters. The molecular weight excluding hydrogens is 325 g/mol. The topological polar surface area (TPSA) is 60.9 Å². The van der Waals surface area contributed by atoms with Gasteiger partial charge in [0.1, 0.15) is 0 Å². The van der Waals surface area contributed by atoms with Crippen LogP contribution in [-0.2, 0) is 4.79 Å². The summed E-state index contributed by atoms with van der Waals surface area (Å²) in [5.41, 5.74) is -2.95. The molecule has 0 unspecified atom stereocenters. The summed E-state index contributed by atoms with van der Waals surface area (Å²) in [5, 5.41) is 9.51. The highest BCUT2D eigenvalue weighted by atomic mass is 19.4. The van der Waals surface area contributed by atoms with Crippen molar-refractivity contribution < 1.29 is 27.9 Å². The third kappa shape index (κ3) is 3.38. The molecule has 1 aliphatic rings. The van der Waals surface area contributed by atoms with Crippen LogP contribution in [0.2, 0.25) is 0 Å². The van der Waals surface area contributed by atoms with Crippen LogP contribution in [0, 0.1) is 0 Å². The molecule has 1 heterocycles. The van der Waals surface area contributed by atoms with Crippen LogP contribution in [0.3, 0.4) is 0 Å². The maximum atomic E-state index is 12.8. The van der Waals surface area contributed by atoms with Crippen LogP contribution < -0.4 is 0 Å². The summed E-state index contributed by atoms with van der Waals surface area (Å²) >= 11 is 0. The van der Waals surface area contributed by atoms with Crippen molar-refractivity contribution in [3.8, 4) is 0 Å². The largest absolute Gasteiger partial charge is 0.426 e. The van der Waals surface area contributed by atoms with Crippen LogP contribution in [0.4, 0.5) is 13.2 Å². The number of carbonyl (C=O) groups excluding carboxylic acids is 2. The molecule has 0 saturated carbocycles. The minimum Gasteiger partial charge on any atom is -0.373 e. The molecule has 0 bridgehead atoms. The third-order valence-corrected chi connectivity index (χ3v) is 4.16. The molecule has 1 N–H and O–H groups in total. The second-order valence-corrected chi connectivity index (χ2v) is 6.03. The molecule has 8 heteroatoms. The first-order valence-corrected chi connectivity index (χ1v) is 7.50. The highest BCUT2D eigenvalue weighted by Crippen LogP contribution is 2.32. The Morgan fingerprint density at radius 1 is 1.17 bits per heavy atom. The molecule has 1 aliphatic heterocycles.